The minimum absolute atomic E-state index is 0.0341. The van der Waals surface area contributed by atoms with Gasteiger partial charge < -0.3 is 24.7 Å². The van der Waals surface area contributed by atoms with Gasteiger partial charge in [-0.3, -0.25) is 14.4 Å². The Hall–Kier alpha value is -2.52. The normalized spacial score (nSPS) is 30.4. The highest BCUT2D eigenvalue weighted by molar-refractivity contribution is 8.02. The van der Waals surface area contributed by atoms with Gasteiger partial charge in [-0.05, 0) is 49.4 Å². The molecule has 9 heteroatoms. The molecule has 1 aromatic carbocycles. The molecule has 1 aromatic rings. The lowest BCUT2D eigenvalue weighted by Crippen LogP contribution is -2.57. The van der Waals surface area contributed by atoms with E-state index in [1.807, 2.05) is 12.1 Å². The summed E-state index contributed by atoms with van der Waals surface area (Å²) in [4.78, 5) is 43.9. The molecule has 8 nitrogen and oxygen atoms in total. The molecular weight excluding hydrogens is 480 g/mol. The first kappa shape index (κ1) is 26.5. The van der Waals surface area contributed by atoms with Crippen molar-refractivity contribution in [3.05, 3.63) is 36.9 Å². The Kier molecular flexibility index (Phi) is 7.99. The summed E-state index contributed by atoms with van der Waals surface area (Å²) in [5.74, 6) is -2.13. The van der Waals surface area contributed by atoms with E-state index in [9.17, 15) is 19.5 Å². The van der Waals surface area contributed by atoms with Gasteiger partial charge in [-0.1, -0.05) is 25.8 Å². The van der Waals surface area contributed by atoms with E-state index in [0.717, 1.165) is 12.8 Å². The lowest BCUT2D eigenvalue weighted by Gasteiger charge is -2.40. The third-order valence-corrected chi connectivity index (χ3v) is 10.1. The Bertz CT molecular complexity index is 1000. The molecule has 0 aromatic heterocycles. The number of aliphatic hydroxyl groups excluding tert-OH is 1. The Morgan fingerprint density at radius 1 is 1.25 bits per heavy atom. The van der Waals surface area contributed by atoms with Crippen molar-refractivity contribution in [2.45, 2.75) is 55.1 Å². The number of likely N-dealkylation sites (tertiary alicyclic amines) is 1. The summed E-state index contributed by atoms with van der Waals surface area (Å²) in [5.41, 5.74) is 0.677. The Balaban J connectivity index is 1.72. The second-order valence-electron chi connectivity index (χ2n) is 10.00. The second kappa shape index (κ2) is 10.8. The molecule has 3 aliphatic heterocycles. The number of amides is 2. The number of methoxy groups -OCH3 is 1. The zero-order valence-corrected chi connectivity index (χ0v) is 21.8. The third kappa shape index (κ3) is 4.30. The molecule has 3 unspecified atom stereocenters. The highest BCUT2D eigenvalue weighted by Crippen LogP contribution is 2.68. The molecule has 2 bridgehead atoms. The molecule has 2 N–H and O–H groups in total. The number of hydrogen-bond donors (Lipinski definition) is 2. The number of anilines is 1. The molecule has 1 spiro atoms. The predicted octanol–water partition coefficient (Wildman–Crippen LogP) is 3.19. The highest BCUT2D eigenvalue weighted by atomic mass is 32.2. The van der Waals surface area contributed by atoms with Gasteiger partial charge in [0.05, 0.1) is 23.7 Å². The molecule has 3 heterocycles. The maximum Gasteiger partial charge on any atom is 0.308 e. The smallest absolute Gasteiger partial charge is 0.308 e. The van der Waals surface area contributed by atoms with Gasteiger partial charge in [0.2, 0.25) is 5.91 Å². The molecule has 2 amide bonds. The van der Waals surface area contributed by atoms with Crippen molar-refractivity contribution in [3.8, 4) is 5.75 Å². The van der Waals surface area contributed by atoms with Crippen molar-refractivity contribution in [2.24, 2.45) is 17.8 Å². The fourth-order valence-electron chi connectivity index (χ4n) is 6.43. The Labute approximate surface area is 216 Å². The van der Waals surface area contributed by atoms with Crippen LogP contribution in [0, 0.1) is 17.8 Å². The first-order valence-electron chi connectivity index (χ1n) is 12.7. The average Bonchev–Trinajstić information content (AvgIpc) is 3.46. The molecule has 3 aliphatic rings. The fourth-order valence-corrected chi connectivity index (χ4v) is 8.84. The van der Waals surface area contributed by atoms with E-state index in [4.69, 9.17) is 9.84 Å². The maximum atomic E-state index is 14.4. The van der Waals surface area contributed by atoms with Crippen LogP contribution in [0.2, 0.25) is 0 Å². The average molecular weight is 517 g/mol. The van der Waals surface area contributed by atoms with Gasteiger partial charge in [0.15, 0.2) is 0 Å². The summed E-state index contributed by atoms with van der Waals surface area (Å²) in [5, 5.41) is 19.0. The number of nitrogens with zero attached hydrogens (tertiary/aromatic N) is 2. The van der Waals surface area contributed by atoms with Crippen LogP contribution in [0.4, 0.5) is 5.69 Å². The number of hydrogen-bond acceptors (Lipinski definition) is 6. The summed E-state index contributed by atoms with van der Waals surface area (Å²) < 4.78 is 4.50. The molecule has 4 rings (SSSR count). The predicted molar refractivity (Wildman–Crippen MR) is 139 cm³/mol. The quantitative estimate of drug-likeness (QED) is 0.325. The standard InChI is InChI=1S/C27H36N2O6S/c1-4-13-28(18-9-11-19(35-3)12-10-18)25(32)23-27-17(2)16-20(36-27)21(26(33)34)22(27)24(31)29(23)14-7-5-6-8-15-30/h4,9-12,17,20-23,30H,1,5-8,13-16H2,2-3H3,(H,33,34)/t17?,20-,21+,22+,23?,27?/m1/s1. The van der Waals surface area contributed by atoms with Crippen LogP contribution < -0.4 is 9.64 Å². The molecule has 0 saturated carbocycles. The number of carboxylic acid groups (broad SMARTS) is 1. The largest absolute Gasteiger partial charge is 0.497 e. The van der Waals surface area contributed by atoms with Crippen molar-refractivity contribution in [2.75, 3.05) is 31.7 Å². The lowest BCUT2D eigenvalue weighted by molar-refractivity contribution is -0.149. The van der Waals surface area contributed by atoms with Crippen molar-refractivity contribution in [1.82, 2.24) is 4.90 Å². The van der Waals surface area contributed by atoms with E-state index in [2.05, 4.69) is 13.5 Å². The Morgan fingerprint density at radius 3 is 2.56 bits per heavy atom. The summed E-state index contributed by atoms with van der Waals surface area (Å²) in [7, 11) is 1.58. The zero-order valence-electron chi connectivity index (χ0n) is 21.0. The van der Waals surface area contributed by atoms with E-state index in [0.29, 0.717) is 37.2 Å². The first-order chi connectivity index (χ1) is 17.3. The number of carbonyl (C=O) groups is 3. The summed E-state index contributed by atoms with van der Waals surface area (Å²) in [6.45, 7) is 6.69. The van der Waals surface area contributed by atoms with Crippen molar-refractivity contribution in [3.63, 3.8) is 0 Å². The van der Waals surface area contributed by atoms with Gasteiger partial charge in [-0.25, -0.2) is 0 Å². The van der Waals surface area contributed by atoms with Crippen molar-refractivity contribution >= 4 is 35.2 Å². The third-order valence-electron chi connectivity index (χ3n) is 8.03. The SMILES string of the molecule is C=CCN(C(=O)C1N(CCCCCCO)C(=O)[C@@H]2[C@@H](C(=O)O)[C@H]3CC(C)C12S3)c1ccc(OC)cc1. The number of ether oxygens (including phenoxy) is 1. The zero-order chi connectivity index (χ0) is 26.0. The van der Waals surface area contributed by atoms with Gasteiger partial charge in [0.1, 0.15) is 11.8 Å². The number of thioether (sulfide) groups is 1. The van der Waals surface area contributed by atoms with Crippen LogP contribution in [0.15, 0.2) is 36.9 Å². The first-order valence-corrected chi connectivity index (χ1v) is 13.6. The maximum absolute atomic E-state index is 14.4. The van der Waals surface area contributed by atoms with E-state index >= 15 is 0 Å². The van der Waals surface area contributed by atoms with E-state index in [1.165, 1.54) is 0 Å². The van der Waals surface area contributed by atoms with Crippen LogP contribution in [0.3, 0.4) is 0 Å². The highest BCUT2D eigenvalue weighted by Gasteiger charge is 2.76. The van der Waals surface area contributed by atoms with Crippen LogP contribution in [0.5, 0.6) is 5.75 Å². The van der Waals surface area contributed by atoms with Crippen LogP contribution in [-0.2, 0) is 14.4 Å². The minimum Gasteiger partial charge on any atom is -0.497 e. The van der Waals surface area contributed by atoms with E-state index in [1.54, 1.807) is 46.9 Å². The number of unbranched alkanes of at least 4 members (excludes halogenated alkanes) is 3. The molecule has 0 radical (unpaired) electrons. The number of benzene rings is 1. The summed E-state index contributed by atoms with van der Waals surface area (Å²) in [6.07, 6.45) is 5.40. The van der Waals surface area contributed by atoms with Crippen LogP contribution in [0.1, 0.15) is 39.0 Å². The molecule has 3 saturated heterocycles. The van der Waals surface area contributed by atoms with Crippen molar-refractivity contribution in [1.29, 1.82) is 0 Å². The molecule has 6 atom stereocenters. The van der Waals surface area contributed by atoms with Gasteiger partial charge >= 0.3 is 5.97 Å². The van der Waals surface area contributed by atoms with Crippen molar-refractivity contribution < 1.29 is 29.3 Å². The topological polar surface area (TPSA) is 107 Å². The fraction of sp³-hybridized carbons (Fsp3) is 0.593. The van der Waals surface area contributed by atoms with Gasteiger partial charge in [-0.2, -0.15) is 0 Å². The van der Waals surface area contributed by atoms with Gasteiger partial charge in [-0.15, -0.1) is 18.3 Å². The molecule has 36 heavy (non-hydrogen) atoms. The van der Waals surface area contributed by atoms with Gasteiger partial charge in [0, 0.05) is 30.6 Å². The minimum atomic E-state index is -0.950. The number of aliphatic hydroxyl groups is 1. The number of carbonyl (C=O) groups excluding carboxylic acids is 2. The molecule has 3 fully saturated rings. The van der Waals surface area contributed by atoms with E-state index in [-0.39, 0.29) is 36.1 Å². The second-order valence-corrected chi connectivity index (χ2v) is 11.5. The molecular formula is C27H36N2O6S. The van der Waals surface area contributed by atoms with Crippen LogP contribution in [0.25, 0.3) is 0 Å². The van der Waals surface area contributed by atoms with Crippen LogP contribution >= 0.6 is 11.8 Å². The van der Waals surface area contributed by atoms with Crippen LogP contribution in [-0.4, -0.2) is 75.7 Å². The monoisotopic (exact) mass is 516 g/mol. The number of fused-ring (bicyclic) bond motifs is 1. The summed E-state index contributed by atoms with van der Waals surface area (Å²) >= 11 is 1.55. The number of carboxylic acids is 1. The molecule has 0 aliphatic carbocycles. The summed E-state index contributed by atoms with van der Waals surface area (Å²) in [6, 6.07) is 6.46. The number of aliphatic carboxylic acids is 1. The van der Waals surface area contributed by atoms with Gasteiger partial charge in [0.25, 0.3) is 5.91 Å². The Morgan fingerprint density at radius 2 is 1.94 bits per heavy atom. The number of rotatable bonds is 12. The molecule has 196 valence electrons. The van der Waals surface area contributed by atoms with E-state index < -0.39 is 28.6 Å². The lowest BCUT2D eigenvalue weighted by atomic mass is 9.66.